The number of fused-ring (bicyclic) bond motifs is 3. The second kappa shape index (κ2) is 6.36. The average molecular weight is 313 g/mol. The molecule has 2 aromatic rings. The van der Waals surface area contributed by atoms with Crippen LogP contribution in [0.4, 0.5) is 11.4 Å². The van der Waals surface area contributed by atoms with Crippen molar-refractivity contribution in [1.29, 1.82) is 0 Å². The number of unbranched alkanes of at least 4 members (excludes halogenated alkanes) is 1. The van der Waals surface area contributed by atoms with Gasteiger partial charge in [0.25, 0.3) is 0 Å². The molecule has 0 spiro atoms. The molecule has 1 atom stereocenters. The molecule has 1 aromatic heterocycles. The maximum atomic E-state index is 9.72. The lowest BCUT2D eigenvalue weighted by atomic mass is 9.93. The molecule has 0 bridgehead atoms. The van der Waals surface area contributed by atoms with E-state index in [1.54, 1.807) is 0 Å². The number of benzene rings is 1. The molecule has 1 aliphatic rings. The van der Waals surface area contributed by atoms with Crippen molar-refractivity contribution in [2.24, 2.45) is 5.41 Å². The van der Waals surface area contributed by atoms with E-state index in [-0.39, 0.29) is 18.2 Å². The summed E-state index contributed by atoms with van der Waals surface area (Å²) in [5.74, 6) is 0. The predicted molar refractivity (Wildman–Crippen MR) is 96.9 cm³/mol. The lowest BCUT2D eigenvalue weighted by Gasteiger charge is -2.34. The predicted octanol–water partition coefficient (Wildman–Crippen LogP) is 4.00. The van der Waals surface area contributed by atoms with Crippen molar-refractivity contribution in [3.63, 3.8) is 0 Å². The Hall–Kier alpha value is -1.81. The molecule has 2 heterocycles. The monoisotopic (exact) mass is 313 g/mol. The zero-order chi connectivity index (χ0) is 16.4. The van der Waals surface area contributed by atoms with E-state index < -0.39 is 0 Å². The van der Waals surface area contributed by atoms with E-state index in [9.17, 15) is 5.11 Å². The highest BCUT2D eigenvalue weighted by molar-refractivity contribution is 6.00. The molecule has 23 heavy (non-hydrogen) atoms. The first-order chi connectivity index (χ1) is 11.1. The van der Waals surface area contributed by atoms with Crippen LogP contribution < -0.4 is 10.2 Å². The van der Waals surface area contributed by atoms with Crippen LogP contribution in [0.15, 0.2) is 30.5 Å². The van der Waals surface area contributed by atoms with Crippen LogP contribution in [-0.2, 0) is 0 Å². The van der Waals surface area contributed by atoms with Crippen LogP contribution in [-0.4, -0.2) is 29.4 Å². The van der Waals surface area contributed by atoms with Crippen LogP contribution in [0.5, 0.6) is 0 Å². The third kappa shape index (κ3) is 3.13. The maximum absolute atomic E-state index is 9.72. The van der Waals surface area contributed by atoms with E-state index in [1.165, 1.54) is 23.9 Å². The summed E-state index contributed by atoms with van der Waals surface area (Å²) in [6.07, 6.45) is 5.70. The first-order valence-electron chi connectivity index (χ1n) is 8.57. The number of nitrogens with one attached hydrogen (secondary N) is 1. The number of aromatic nitrogens is 1. The van der Waals surface area contributed by atoms with Gasteiger partial charge in [-0.15, -0.1) is 0 Å². The number of pyridine rings is 1. The van der Waals surface area contributed by atoms with E-state index in [0.717, 1.165) is 24.2 Å². The van der Waals surface area contributed by atoms with Gasteiger partial charge in [0.05, 0.1) is 29.3 Å². The SMILES string of the molecule is CCCCC1Nc2cnc3ccccc3c2N1CC(C)(C)CO. The molecule has 3 rings (SSSR count). The van der Waals surface area contributed by atoms with Crippen LogP contribution in [0.3, 0.4) is 0 Å². The molecule has 0 saturated heterocycles. The van der Waals surface area contributed by atoms with Gasteiger partial charge in [0, 0.05) is 24.0 Å². The number of aliphatic hydroxyl groups excluding tert-OH is 1. The fourth-order valence-electron chi connectivity index (χ4n) is 3.28. The summed E-state index contributed by atoms with van der Waals surface area (Å²) in [5, 5.41) is 14.5. The third-order valence-electron chi connectivity index (χ3n) is 4.59. The fraction of sp³-hybridized carbons (Fsp3) is 0.526. The molecule has 2 N–H and O–H groups in total. The zero-order valence-corrected chi connectivity index (χ0v) is 14.3. The van der Waals surface area contributed by atoms with Crippen molar-refractivity contribution in [2.45, 2.75) is 46.2 Å². The molecular formula is C19H27N3O. The van der Waals surface area contributed by atoms with Gasteiger partial charge in [-0.05, 0) is 18.9 Å². The van der Waals surface area contributed by atoms with E-state index in [1.807, 2.05) is 12.3 Å². The minimum atomic E-state index is -0.141. The Morgan fingerprint density at radius 1 is 1.30 bits per heavy atom. The van der Waals surface area contributed by atoms with Gasteiger partial charge < -0.3 is 15.3 Å². The Bertz CT molecular complexity index is 683. The molecule has 0 saturated carbocycles. The standard InChI is InChI=1S/C19H27N3O/c1-4-5-10-17-21-16-11-20-15-9-7-6-8-14(15)18(16)22(17)12-19(2,3)13-23/h6-9,11,17,21,23H,4-5,10,12-13H2,1-3H3. The van der Waals surface area contributed by atoms with Crippen LogP contribution in [0.25, 0.3) is 10.9 Å². The molecule has 0 fully saturated rings. The normalized spacial score (nSPS) is 17.4. The van der Waals surface area contributed by atoms with Crippen LogP contribution in [0.2, 0.25) is 0 Å². The topological polar surface area (TPSA) is 48.4 Å². The summed E-state index contributed by atoms with van der Waals surface area (Å²) < 4.78 is 0. The van der Waals surface area contributed by atoms with E-state index >= 15 is 0 Å². The molecule has 4 nitrogen and oxygen atoms in total. The Morgan fingerprint density at radius 3 is 2.83 bits per heavy atom. The lowest BCUT2D eigenvalue weighted by Crippen LogP contribution is -2.43. The summed E-state index contributed by atoms with van der Waals surface area (Å²) in [7, 11) is 0. The van der Waals surface area contributed by atoms with Gasteiger partial charge in [0.2, 0.25) is 0 Å². The Balaban J connectivity index is 2.03. The highest BCUT2D eigenvalue weighted by Crippen LogP contribution is 2.42. The molecule has 1 aromatic carbocycles. The molecular weight excluding hydrogens is 286 g/mol. The van der Waals surface area contributed by atoms with Crippen LogP contribution >= 0.6 is 0 Å². The zero-order valence-electron chi connectivity index (χ0n) is 14.3. The van der Waals surface area contributed by atoms with Crippen LogP contribution in [0, 0.1) is 5.41 Å². The van der Waals surface area contributed by atoms with Gasteiger partial charge in [-0.2, -0.15) is 0 Å². The second-order valence-electron chi connectivity index (χ2n) is 7.29. The Morgan fingerprint density at radius 2 is 2.09 bits per heavy atom. The molecule has 124 valence electrons. The molecule has 1 unspecified atom stereocenters. The van der Waals surface area contributed by atoms with Gasteiger partial charge in [-0.1, -0.05) is 45.4 Å². The minimum absolute atomic E-state index is 0.141. The van der Waals surface area contributed by atoms with E-state index in [4.69, 9.17) is 0 Å². The van der Waals surface area contributed by atoms with Crippen molar-refractivity contribution < 1.29 is 5.11 Å². The Kier molecular flexibility index (Phi) is 4.44. The van der Waals surface area contributed by atoms with E-state index in [2.05, 4.69) is 54.2 Å². The third-order valence-corrected chi connectivity index (χ3v) is 4.59. The number of hydrogen-bond acceptors (Lipinski definition) is 4. The summed E-state index contributed by atoms with van der Waals surface area (Å²) >= 11 is 0. The number of aliphatic hydroxyl groups is 1. The van der Waals surface area contributed by atoms with Gasteiger partial charge in [-0.3, -0.25) is 4.98 Å². The highest BCUT2D eigenvalue weighted by atomic mass is 16.3. The number of rotatable bonds is 6. The number of hydrogen-bond donors (Lipinski definition) is 2. The van der Waals surface area contributed by atoms with Crippen molar-refractivity contribution in [2.75, 3.05) is 23.4 Å². The summed E-state index contributed by atoms with van der Waals surface area (Å²) in [5.41, 5.74) is 3.23. The summed E-state index contributed by atoms with van der Waals surface area (Å²) in [6, 6.07) is 8.30. The molecule has 0 amide bonds. The maximum Gasteiger partial charge on any atom is 0.0991 e. The summed E-state index contributed by atoms with van der Waals surface area (Å²) in [6.45, 7) is 7.46. The van der Waals surface area contributed by atoms with Gasteiger partial charge in [0.15, 0.2) is 0 Å². The smallest absolute Gasteiger partial charge is 0.0991 e. The number of para-hydroxylation sites is 1. The molecule has 0 radical (unpaired) electrons. The van der Waals surface area contributed by atoms with Gasteiger partial charge in [0.1, 0.15) is 0 Å². The van der Waals surface area contributed by atoms with Crippen molar-refractivity contribution in [3.8, 4) is 0 Å². The summed E-state index contributed by atoms with van der Waals surface area (Å²) in [4.78, 5) is 7.02. The van der Waals surface area contributed by atoms with Crippen molar-refractivity contribution >= 4 is 22.3 Å². The number of anilines is 2. The first-order valence-corrected chi connectivity index (χ1v) is 8.57. The van der Waals surface area contributed by atoms with Crippen molar-refractivity contribution in [1.82, 2.24) is 4.98 Å². The Labute approximate surface area is 138 Å². The van der Waals surface area contributed by atoms with E-state index in [0.29, 0.717) is 0 Å². The van der Waals surface area contributed by atoms with Gasteiger partial charge >= 0.3 is 0 Å². The van der Waals surface area contributed by atoms with Crippen LogP contribution in [0.1, 0.15) is 40.0 Å². The van der Waals surface area contributed by atoms with Gasteiger partial charge in [-0.25, -0.2) is 0 Å². The highest BCUT2D eigenvalue weighted by Gasteiger charge is 2.34. The fourth-order valence-corrected chi connectivity index (χ4v) is 3.28. The average Bonchev–Trinajstić information content (AvgIpc) is 2.90. The molecule has 0 aliphatic carbocycles. The second-order valence-corrected chi connectivity index (χ2v) is 7.29. The first kappa shape index (κ1) is 16.1. The number of nitrogens with zero attached hydrogens (tertiary/aromatic N) is 2. The largest absolute Gasteiger partial charge is 0.396 e. The lowest BCUT2D eigenvalue weighted by molar-refractivity contribution is 0.162. The van der Waals surface area contributed by atoms with Crippen molar-refractivity contribution in [3.05, 3.63) is 30.5 Å². The minimum Gasteiger partial charge on any atom is -0.396 e. The quantitative estimate of drug-likeness (QED) is 0.846. The molecule has 4 heteroatoms. The molecule has 1 aliphatic heterocycles.